The molecule has 0 amide bonds. The number of aryl methyl sites for hydroxylation is 1. The number of benzene rings is 1. The molecule has 1 aromatic rings. The van der Waals surface area contributed by atoms with Gasteiger partial charge in [0.15, 0.2) is 0 Å². The van der Waals surface area contributed by atoms with Gasteiger partial charge in [0.25, 0.3) is 10.1 Å². The van der Waals surface area contributed by atoms with E-state index in [1.54, 1.807) is 24.3 Å². The zero-order valence-electron chi connectivity index (χ0n) is 9.97. The van der Waals surface area contributed by atoms with E-state index < -0.39 is 10.1 Å². The summed E-state index contributed by atoms with van der Waals surface area (Å²) in [5.41, 5.74) is 1.01. The van der Waals surface area contributed by atoms with Crippen LogP contribution in [0.2, 0.25) is 0 Å². The third kappa shape index (κ3) is 4.53. The highest BCUT2D eigenvalue weighted by Gasteiger charge is 2.14. The van der Waals surface area contributed by atoms with Crippen molar-refractivity contribution in [3.63, 3.8) is 0 Å². The Kier molecular flexibility index (Phi) is 5.24. The lowest BCUT2D eigenvalue weighted by molar-refractivity contribution is 0.324. The number of thioether (sulfide) groups is 1. The predicted octanol–water partition coefficient (Wildman–Crippen LogP) is 2.97. The highest BCUT2D eigenvalue weighted by molar-refractivity contribution is 8.02. The average molecular weight is 272 g/mol. The van der Waals surface area contributed by atoms with Crippen LogP contribution >= 0.6 is 11.8 Å². The van der Waals surface area contributed by atoms with Crippen molar-refractivity contribution in [3.8, 4) is 0 Å². The second-order valence-corrected chi connectivity index (χ2v) is 6.18. The van der Waals surface area contributed by atoms with Crippen LogP contribution in [0.25, 0.3) is 0 Å². The molecule has 1 aromatic carbocycles. The van der Waals surface area contributed by atoms with Crippen molar-refractivity contribution in [1.29, 1.82) is 0 Å². The van der Waals surface area contributed by atoms with Crippen LogP contribution in [0.1, 0.15) is 12.0 Å². The van der Waals surface area contributed by atoms with E-state index in [-0.39, 0.29) is 11.5 Å². The Hall–Kier alpha value is -0.780. The molecule has 0 saturated heterocycles. The zero-order chi connectivity index (χ0) is 12.9. The summed E-state index contributed by atoms with van der Waals surface area (Å²) in [5, 5.41) is 0. The highest BCUT2D eigenvalue weighted by atomic mass is 32.2. The van der Waals surface area contributed by atoms with Crippen molar-refractivity contribution >= 4 is 21.9 Å². The molecule has 94 valence electrons. The summed E-state index contributed by atoms with van der Waals surface area (Å²) < 4.78 is 28.4. The van der Waals surface area contributed by atoms with Crippen molar-refractivity contribution < 1.29 is 12.6 Å². The quantitative estimate of drug-likeness (QED) is 0.747. The maximum atomic E-state index is 11.8. The lowest BCUT2D eigenvalue weighted by atomic mass is 10.2. The minimum Gasteiger partial charge on any atom is -0.266 e. The Balaban J connectivity index is 2.63. The smallest absolute Gasteiger partial charge is 0.266 e. The van der Waals surface area contributed by atoms with Gasteiger partial charge in [-0.2, -0.15) is 8.42 Å². The van der Waals surface area contributed by atoms with E-state index in [4.69, 9.17) is 4.18 Å². The largest absolute Gasteiger partial charge is 0.296 e. The second kappa shape index (κ2) is 6.23. The van der Waals surface area contributed by atoms with Crippen LogP contribution in [0.15, 0.2) is 40.6 Å². The SMILES string of the molecule is C=C(CCOS(=O)(=O)c1ccc(C)cc1)SC. The van der Waals surface area contributed by atoms with E-state index in [0.717, 1.165) is 10.5 Å². The van der Waals surface area contributed by atoms with Gasteiger partial charge in [-0.15, -0.1) is 11.8 Å². The molecule has 0 atom stereocenters. The van der Waals surface area contributed by atoms with Crippen molar-refractivity contribution in [2.45, 2.75) is 18.2 Å². The van der Waals surface area contributed by atoms with Crippen molar-refractivity contribution in [1.82, 2.24) is 0 Å². The first kappa shape index (κ1) is 14.3. The molecule has 0 radical (unpaired) electrons. The van der Waals surface area contributed by atoms with Gasteiger partial charge >= 0.3 is 0 Å². The Morgan fingerprint density at radius 1 is 1.35 bits per heavy atom. The van der Waals surface area contributed by atoms with Gasteiger partial charge in [0.1, 0.15) is 0 Å². The molecule has 0 aliphatic carbocycles. The summed E-state index contributed by atoms with van der Waals surface area (Å²) in [6, 6.07) is 6.59. The third-order valence-electron chi connectivity index (χ3n) is 2.22. The molecule has 17 heavy (non-hydrogen) atoms. The fourth-order valence-corrected chi connectivity index (χ4v) is 2.34. The van der Waals surface area contributed by atoms with Crippen LogP contribution in [0.3, 0.4) is 0 Å². The molecule has 0 heterocycles. The van der Waals surface area contributed by atoms with Crippen molar-refractivity contribution in [3.05, 3.63) is 41.3 Å². The van der Waals surface area contributed by atoms with Crippen LogP contribution in [-0.4, -0.2) is 21.3 Å². The first-order chi connectivity index (χ1) is 7.95. The Morgan fingerprint density at radius 2 is 1.94 bits per heavy atom. The van der Waals surface area contributed by atoms with Gasteiger partial charge in [-0.05, 0) is 30.2 Å². The summed E-state index contributed by atoms with van der Waals surface area (Å²) >= 11 is 1.50. The molecule has 0 saturated carbocycles. The van der Waals surface area contributed by atoms with Crippen LogP contribution in [0, 0.1) is 6.92 Å². The maximum Gasteiger partial charge on any atom is 0.296 e. The summed E-state index contributed by atoms with van der Waals surface area (Å²) in [4.78, 5) is 1.10. The van der Waals surface area contributed by atoms with E-state index in [2.05, 4.69) is 6.58 Å². The van der Waals surface area contributed by atoms with Crippen molar-refractivity contribution in [2.75, 3.05) is 12.9 Å². The molecule has 3 nitrogen and oxygen atoms in total. The van der Waals surface area contributed by atoms with E-state index in [9.17, 15) is 8.42 Å². The van der Waals surface area contributed by atoms with Gasteiger partial charge in [0.2, 0.25) is 0 Å². The molecule has 0 aliphatic rings. The van der Waals surface area contributed by atoms with Crippen LogP contribution < -0.4 is 0 Å². The van der Waals surface area contributed by atoms with Gasteiger partial charge in [-0.1, -0.05) is 24.3 Å². The maximum absolute atomic E-state index is 11.8. The van der Waals surface area contributed by atoms with Crippen LogP contribution in [-0.2, 0) is 14.3 Å². The molecule has 0 fully saturated rings. The molecule has 0 aromatic heterocycles. The summed E-state index contributed by atoms with van der Waals surface area (Å²) in [6.07, 6.45) is 2.43. The second-order valence-electron chi connectivity index (χ2n) is 3.58. The Bertz CT molecular complexity index is 475. The highest BCUT2D eigenvalue weighted by Crippen LogP contribution is 2.16. The number of hydrogen-bond acceptors (Lipinski definition) is 4. The Labute approximate surface area is 107 Å². The molecular weight excluding hydrogens is 256 g/mol. The summed E-state index contributed by atoms with van der Waals surface area (Å²) in [6.45, 7) is 5.80. The van der Waals surface area contributed by atoms with E-state index in [1.165, 1.54) is 11.8 Å². The topological polar surface area (TPSA) is 43.4 Å². The standard InChI is InChI=1S/C12H16O3S2/c1-10-4-6-12(7-5-10)17(13,14)15-9-8-11(2)16-3/h4-7H,2,8-9H2,1,3H3. The molecule has 0 aliphatic heterocycles. The van der Waals surface area contributed by atoms with Crippen LogP contribution in [0.4, 0.5) is 0 Å². The van der Waals surface area contributed by atoms with Crippen molar-refractivity contribution in [2.24, 2.45) is 0 Å². The van der Waals surface area contributed by atoms with Gasteiger partial charge in [0, 0.05) is 6.42 Å². The van der Waals surface area contributed by atoms with E-state index in [0.29, 0.717) is 6.42 Å². The molecule has 0 unspecified atom stereocenters. The molecule has 0 bridgehead atoms. The van der Waals surface area contributed by atoms with E-state index >= 15 is 0 Å². The van der Waals surface area contributed by atoms with E-state index in [1.807, 2.05) is 13.2 Å². The summed E-state index contributed by atoms with van der Waals surface area (Å²) in [7, 11) is -3.63. The molecule has 1 rings (SSSR count). The molecule has 0 N–H and O–H groups in total. The third-order valence-corrected chi connectivity index (χ3v) is 4.33. The van der Waals surface area contributed by atoms with Gasteiger partial charge < -0.3 is 0 Å². The molecular formula is C12H16O3S2. The van der Waals surface area contributed by atoms with Gasteiger partial charge in [-0.25, -0.2) is 0 Å². The molecule has 0 spiro atoms. The fourth-order valence-electron chi connectivity index (χ4n) is 1.14. The minimum absolute atomic E-state index is 0.135. The normalized spacial score (nSPS) is 11.4. The molecule has 5 heteroatoms. The van der Waals surface area contributed by atoms with Gasteiger partial charge in [0.05, 0.1) is 11.5 Å². The fraction of sp³-hybridized carbons (Fsp3) is 0.333. The summed E-state index contributed by atoms with van der Waals surface area (Å²) in [5.74, 6) is 0. The lowest BCUT2D eigenvalue weighted by Gasteiger charge is -2.06. The Morgan fingerprint density at radius 3 is 2.47 bits per heavy atom. The zero-order valence-corrected chi connectivity index (χ0v) is 11.6. The predicted molar refractivity (Wildman–Crippen MR) is 71.6 cm³/mol. The monoisotopic (exact) mass is 272 g/mol. The average Bonchev–Trinajstić information content (AvgIpc) is 2.29. The van der Waals surface area contributed by atoms with Crippen LogP contribution in [0.5, 0.6) is 0 Å². The number of hydrogen-bond donors (Lipinski definition) is 0. The first-order valence-corrected chi connectivity index (χ1v) is 7.77. The lowest BCUT2D eigenvalue weighted by Crippen LogP contribution is -2.07. The van der Waals surface area contributed by atoms with Gasteiger partial charge in [-0.3, -0.25) is 4.18 Å². The number of rotatable bonds is 6. The minimum atomic E-state index is -3.63. The first-order valence-electron chi connectivity index (χ1n) is 5.13.